The average Bonchev–Trinajstić information content (AvgIpc) is 2.99. The average molecular weight is 176 g/mol. The van der Waals surface area contributed by atoms with E-state index in [1.54, 1.807) is 0 Å². The fraction of sp³-hybridized carbons (Fsp3) is 0.364. The Kier molecular flexibility index (Phi) is 1.93. The lowest BCUT2D eigenvalue weighted by Gasteiger charge is -2.06. The van der Waals surface area contributed by atoms with E-state index in [9.17, 15) is 4.79 Å². The van der Waals surface area contributed by atoms with Crippen LogP contribution in [0.5, 0.6) is 0 Å². The van der Waals surface area contributed by atoms with Gasteiger partial charge in [0.15, 0.2) is 11.4 Å². The maximum Gasteiger partial charge on any atom is 0.196 e. The minimum absolute atomic E-state index is 0.121. The first-order chi connectivity index (χ1) is 6.28. The van der Waals surface area contributed by atoms with Crippen molar-refractivity contribution in [2.75, 3.05) is 6.61 Å². The van der Waals surface area contributed by atoms with Crippen LogP contribution in [0.3, 0.4) is 0 Å². The second kappa shape index (κ2) is 2.96. The number of hydrogen-bond acceptors (Lipinski definition) is 2. The minimum Gasteiger partial charge on any atom is -0.361 e. The Morgan fingerprint density at radius 1 is 1.46 bits per heavy atom. The van der Waals surface area contributed by atoms with Crippen molar-refractivity contribution in [2.45, 2.75) is 18.9 Å². The van der Waals surface area contributed by atoms with E-state index in [1.165, 1.54) is 0 Å². The van der Waals surface area contributed by atoms with Crippen molar-refractivity contribution in [3.63, 3.8) is 0 Å². The monoisotopic (exact) mass is 176 g/mol. The highest BCUT2D eigenvalue weighted by Gasteiger charge is 2.50. The van der Waals surface area contributed by atoms with E-state index in [1.807, 2.05) is 37.3 Å². The zero-order valence-electron chi connectivity index (χ0n) is 7.62. The van der Waals surface area contributed by atoms with Crippen LogP contribution >= 0.6 is 0 Å². The number of benzene rings is 1. The molecule has 0 aromatic heterocycles. The van der Waals surface area contributed by atoms with E-state index in [-0.39, 0.29) is 5.78 Å². The van der Waals surface area contributed by atoms with Gasteiger partial charge in [0.05, 0.1) is 6.61 Å². The molecule has 13 heavy (non-hydrogen) atoms. The van der Waals surface area contributed by atoms with Gasteiger partial charge in [0.1, 0.15) is 0 Å². The molecular formula is C11H12O2. The lowest BCUT2D eigenvalue weighted by atomic mass is 9.96. The van der Waals surface area contributed by atoms with Gasteiger partial charge in [-0.25, -0.2) is 0 Å². The Hall–Kier alpha value is -1.15. The first-order valence-corrected chi connectivity index (χ1v) is 4.52. The summed E-state index contributed by atoms with van der Waals surface area (Å²) in [5, 5.41) is 0. The van der Waals surface area contributed by atoms with Crippen molar-refractivity contribution >= 4 is 5.78 Å². The Labute approximate surface area is 77.5 Å². The summed E-state index contributed by atoms with van der Waals surface area (Å²) in [6.07, 6.45) is 0.765. The quantitative estimate of drug-likeness (QED) is 0.521. The van der Waals surface area contributed by atoms with Gasteiger partial charge in [-0.1, -0.05) is 37.3 Å². The van der Waals surface area contributed by atoms with Gasteiger partial charge in [0.25, 0.3) is 0 Å². The maximum atomic E-state index is 11.8. The zero-order chi connectivity index (χ0) is 9.31. The molecule has 1 atom stereocenters. The van der Waals surface area contributed by atoms with E-state index in [0.29, 0.717) is 6.61 Å². The van der Waals surface area contributed by atoms with Crippen LogP contribution in [0.2, 0.25) is 0 Å². The van der Waals surface area contributed by atoms with Crippen molar-refractivity contribution in [2.24, 2.45) is 0 Å². The molecule has 1 aromatic rings. The number of ether oxygens (including phenoxy) is 1. The van der Waals surface area contributed by atoms with Crippen molar-refractivity contribution in [1.82, 2.24) is 0 Å². The molecule has 0 radical (unpaired) electrons. The van der Waals surface area contributed by atoms with Crippen molar-refractivity contribution < 1.29 is 9.53 Å². The molecule has 2 heteroatoms. The summed E-state index contributed by atoms with van der Waals surface area (Å²) in [5.41, 5.74) is 0.267. The van der Waals surface area contributed by atoms with Gasteiger partial charge >= 0.3 is 0 Å². The normalized spacial score (nSPS) is 25.6. The fourth-order valence-corrected chi connectivity index (χ4v) is 1.44. The molecule has 1 fully saturated rings. The summed E-state index contributed by atoms with van der Waals surface area (Å²) >= 11 is 0. The molecule has 1 saturated heterocycles. The highest BCUT2D eigenvalue weighted by Crippen LogP contribution is 2.34. The third-order valence-electron chi connectivity index (χ3n) is 2.51. The largest absolute Gasteiger partial charge is 0.361 e. The fourth-order valence-electron chi connectivity index (χ4n) is 1.44. The van der Waals surface area contributed by atoms with E-state index >= 15 is 0 Å². The molecule has 1 aliphatic heterocycles. The first kappa shape index (κ1) is 8.45. The number of carbonyl (C=O) groups is 1. The molecule has 0 bridgehead atoms. The van der Waals surface area contributed by atoms with Crippen molar-refractivity contribution in [1.29, 1.82) is 0 Å². The smallest absolute Gasteiger partial charge is 0.196 e. The minimum atomic E-state index is -0.485. The maximum absolute atomic E-state index is 11.8. The second-order valence-corrected chi connectivity index (χ2v) is 3.33. The van der Waals surface area contributed by atoms with Crippen LogP contribution in [0, 0.1) is 0 Å². The predicted molar refractivity (Wildman–Crippen MR) is 49.7 cm³/mol. The molecule has 0 N–H and O–H groups in total. The summed E-state index contributed by atoms with van der Waals surface area (Å²) < 4.78 is 5.21. The Balaban J connectivity index is 2.24. The van der Waals surface area contributed by atoms with Crippen LogP contribution in [0.15, 0.2) is 30.3 Å². The number of rotatable bonds is 3. The molecule has 1 heterocycles. The molecule has 0 saturated carbocycles. The third kappa shape index (κ3) is 1.38. The summed E-state index contributed by atoms with van der Waals surface area (Å²) in [6, 6.07) is 9.32. The number of epoxide rings is 1. The van der Waals surface area contributed by atoms with Gasteiger partial charge in [0.2, 0.25) is 0 Å². The van der Waals surface area contributed by atoms with Crippen LogP contribution in [0.4, 0.5) is 0 Å². The zero-order valence-corrected chi connectivity index (χ0v) is 7.62. The van der Waals surface area contributed by atoms with Gasteiger partial charge in [-0.05, 0) is 6.42 Å². The summed E-state index contributed by atoms with van der Waals surface area (Å²) in [7, 11) is 0. The van der Waals surface area contributed by atoms with Crippen LogP contribution in [-0.2, 0) is 4.74 Å². The predicted octanol–water partition coefficient (Wildman–Crippen LogP) is 2.05. The number of hydrogen-bond donors (Lipinski definition) is 0. The lowest BCUT2D eigenvalue weighted by molar-refractivity contribution is 0.0868. The van der Waals surface area contributed by atoms with Gasteiger partial charge in [0, 0.05) is 5.56 Å². The van der Waals surface area contributed by atoms with Gasteiger partial charge in [-0.3, -0.25) is 4.79 Å². The molecule has 2 rings (SSSR count). The number of ketones is 1. The van der Waals surface area contributed by atoms with E-state index in [0.717, 1.165) is 12.0 Å². The Bertz CT molecular complexity index is 312. The third-order valence-corrected chi connectivity index (χ3v) is 2.51. The molecule has 1 aliphatic rings. The van der Waals surface area contributed by atoms with Crippen molar-refractivity contribution in [3.05, 3.63) is 35.9 Å². The van der Waals surface area contributed by atoms with Crippen LogP contribution in [0.25, 0.3) is 0 Å². The molecule has 0 aliphatic carbocycles. The van der Waals surface area contributed by atoms with E-state index in [4.69, 9.17) is 4.74 Å². The molecule has 1 aromatic carbocycles. The van der Waals surface area contributed by atoms with Gasteiger partial charge < -0.3 is 4.74 Å². The van der Waals surface area contributed by atoms with Gasteiger partial charge in [-0.2, -0.15) is 0 Å². The van der Waals surface area contributed by atoms with Gasteiger partial charge in [-0.15, -0.1) is 0 Å². The van der Waals surface area contributed by atoms with Crippen LogP contribution < -0.4 is 0 Å². The highest BCUT2D eigenvalue weighted by atomic mass is 16.6. The lowest BCUT2D eigenvalue weighted by Crippen LogP contribution is -2.23. The molecular weight excluding hydrogens is 164 g/mol. The number of carbonyl (C=O) groups excluding carboxylic acids is 1. The van der Waals surface area contributed by atoms with Crippen LogP contribution in [-0.4, -0.2) is 18.0 Å². The van der Waals surface area contributed by atoms with Crippen LogP contribution in [0.1, 0.15) is 23.7 Å². The molecule has 0 unspecified atom stereocenters. The molecule has 0 amide bonds. The van der Waals surface area contributed by atoms with E-state index in [2.05, 4.69) is 0 Å². The second-order valence-electron chi connectivity index (χ2n) is 3.33. The van der Waals surface area contributed by atoms with Crippen molar-refractivity contribution in [3.8, 4) is 0 Å². The molecule has 68 valence electrons. The van der Waals surface area contributed by atoms with E-state index < -0.39 is 5.60 Å². The Morgan fingerprint density at radius 2 is 2.08 bits per heavy atom. The molecule has 0 spiro atoms. The Morgan fingerprint density at radius 3 is 2.54 bits per heavy atom. The summed E-state index contributed by atoms with van der Waals surface area (Å²) in [6.45, 7) is 2.56. The summed E-state index contributed by atoms with van der Waals surface area (Å²) in [5.74, 6) is 0.121. The highest BCUT2D eigenvalue weighted by molar-refractivity contribution is 6.04. The standard InChI is InChI=1S/C11H12O2/c1-2-11(8-13-11)10(12)9-6-4-3-5-7-9/h3-7H,2,8H2,1H3/t11-/m1/s1. The first-order valence-electron chi connectivity index (χ1n) is 4.52. The topological polar surface area (TPSA) is 29.6 Å². The number of Topliss-reactive ketones (excluding diaryl/α,β-unsaturated/α-hetero) is 1. The SMILES string of the molecule is CC[C@]1(C(=O)c2ccccc2)CO1. The summed E-state index contributed by atoms with van der Waals surface area (Å²) in [4.78, 5) is 11.8. The molecule has 2 nitrogen and oxygen atoms in total.